The molecule has 0 spiro atoms. The van der Waals surface area contributed by atoms with E-state index >= 15 is 0 Å². The van der Waals surface area contributed by atoms with Crippen LogP contribution in [0, 0.1) is 11.6 Å². The maximum Gasteiger partial charge on any atom is 0.129 e. The van der Waals surface area contributed by atoms with E-state index in [1.54, 1.807) is 11.3 Å². The number of nitrogens with one attached hydrogen (secondary N) is 1. The summed E-state index contributed by atoms with van der Waals surface area (Å²) in [5, 5.41) is 7.35. The first kappa shape index (κ1) is 14.2. The van der Waals surface area contributed by atoms with Crippen molar-refractivity contribution >= 4 is 11.3 Å². The molecular formula is C15H17F2NS. The maximum atomic E-state index is 13.7. The quantitative estimate of drug-likeness (QED) is 0.832. The fraction of sp³-hybridized carbons (Fsp3) is 0.333. The van der Waals surface area contributed by atoms with Gasteiger partial charge in [-0.25, -0.2) is 8.78 Å². The topological polar surface area (TPSA) is 12.0 Å². The van der Waals surface area contributed by atoms with Crippen LogP contribution in [0.1, 0.15) is 30.5 Å². The normalized spacial score (nSPS) is 12.6. The molecule has 0 radical (unpaired) electrons. The summed E-state index contributed by atoms with van der Waals surface area (Å²) in [5.41, 5.74) is 1.24. The van der Waals surface area contributed by atoms with E-state index in [4.69, 9.17) is 0 Å². The van der Waals surface area contributed by atoms with Crippen LogP contribution in [0.5, 0.6) is 0 Å². The number of benzene rings is 1. The molecule has 0 saturated carbocycles. The molecule has 1 atom stereocenters. The van der Waals surface area contributed by atoms with Gasteiger partial charge < -0.3 is 5.32 Å². The Kier molecular flexibility index (Phi) is 5.05. The lowest BCUT2D eigenvalue weighted by Crippen LogP contribution is -2.24. The van der Waals surface area contributed by atoms with E-state index in [1.807, 2.05) is 16.8 Å². The van der Waals surface area contributed by atoms with Crippen LogP contribution in [0.4, 0.5) is 8.78 Å². The van der Waals surface area contributed by atoms with Crippen molar-refractivity contribution in [2.45, 2.75) is 25.8 Å². The van der Waals surface area contributed by atoms with Crippen molar-refractivity contribution in [1.29, 1.82) is 0 Å². The molecule has 1 heterocycles. The Morgan fingerprint density at radius 3 is 2.53 bits per heavy atom. The summed E-state index contributed by atoms with van der Waals surface area (Å²) in [5.74, 6) is -0.947. The van der Waals surface area contributed by atoms with E-state index in [9.17, 15) is 8.78 Å². The zero-order valence-electron chi connectivity index (χ0n) is 10.8. The fourth-order valence-electron chi connectivity index (χ4n) is 2.03. The van der Waals surface area contributed by atoms with Crippen LogP contribution in [0.3, 0.4) is 0 Å². The second kappa shape index (κ2) is 6.78. The Balaban J connectivity index is 2.20. The third-order valence-electron chi connectivity index (χ3n) is 3.06. The average molecular weight is 281 g/mol. The van der Waals surface area contributed by atoms with Crippen LogP contribution in [0.2, 0.25) is 0 Å². The third kappa shape index (κ3) is 3.61. The first-order chi connectivity index (χ1) is 9.22. The molecule has 2 aromatic rings. The molecule has 0 aliphatic rings. The molecule has 102 valence electrons. The van der Waals surface area contributed by atoms with E-state index in [2.05, 4.69) is 12.2 Å². The highest BCUT2D eigenvalue weighted by atomic mass is 32.1. The van der Waals surface area contributed by atoms with Gasteiger partial charge in [-0.05, 0) is 53.9 Å². The Bertz CT molecular complexity index is 491. The highest BCUT2D eigenvalue weighted by Crippen LogP contribution is 2.24. The summed E-state index contributed by atoms with van der Waals surface area (Å²) in [6.45, 7) is 2.90. The van der Waals surface area contributed by atoms with Crippen LogP contribution in [0.25, 0.3) is 0 Å². The number of hydrogen-bond acceptors (Lipinski definition) is 2. The minimum Gasteiger partial charge on any atom is -0.310 e. The summed E-state index contributed by atoms with van der Waals surface area (Å²) < 4.78 is 27.4. The largest absolute Gasteiger partial charge is 0.310 e. The second-order valence-corrected chi connectivity index (χ2v) is 5.25. The molecule has 1 aromatic heterocycles. The maximum absolute atomic E-state index is 13.7. The lowest BCUT2D eigenvalue weighted by Gasteiger charge is -2.18. The number of rotatable bonds is 6. The Morgan fingerprint density at radius 2 is 1.95 bits per heavy atom. The van der Waals surface area contributed by atoms with E-state index < -0.39 is 11.6 Å². The molecule has 0 amide bonds. The minimum absolute atomic E-state index is 0.0439. The molecule has 1 aromatic carbocycles. The van der Waals surface area contributed by atoms with Gasteiger partial charge in [0.25, 0.3) is 0 Å². The summed E-state index contributed by atoms with van der Waals surface area (Å²) in [6.07, 6.45) is 1.32. The van der Waals surface area contributed by atoms with Crippen molar-refractivity contribution in [2.75, 3.05) is 6.54 Å². The van der Waals surface area contributed by atoms with Gasteiger partial charge in [0.2, 0.25) is 0 Å². The van der Waals surface area contributed by atoms with E-state index in [1.165, 1.54) is 18.2 Å². The number of halogens is 2. The lowest BCUT2D eigenvalue weighted by molar-refractivity contribution is 0.491. The van der Waals surface area contributed by atoms with Gasteiger partial charge in [0, 0.05) is 11.6 Å². The monoisotopic (exact) mass is 281 g/mol. The standard InChI is InChI=1S/C15H17F2NS/c1-2-7-18-15(11-6-8-19-10-11)9-12-13(16)4-3-5-14(12)17/h3-6,8,10,15,18H,2,7,9H2,1H3. The summed E-state index contributed by atoms with van der Waals surface area (Å²) in [6, 6.07) is 5.97. The molecular weight excluding hydrogens is 264 g/mol. The molecule has 0 aliphatic carbocycles. The zero-order valence-corrected chi connectivity index (χ0v) is 11.6. The van der Waals surface area contributed by atoms with Gasteiger partial charge in [0.05, 0.1) is 0 Å². The van der Waals surface area contributed by atoms with E-state index in [0.29, 0.717) is 6.42 Å². The van der Waals surface area contributed by atoms with Crippen molar-refractivity contribution in [3.8, 4) is 0 Å². The lowest BCUT2D eigenvalue weighted by atomic mass is 10.00. The van der Waals surface area contributed by atoms with Crippen molar-refractivity contribution in [1.82, 2.24) is 5.32 Å². The smallest absolute Gasteiger partial charge is 0.129 e. The molecule has 19 heavy (non-hydrogen) atoms. The highest BCUT2D eigenvalue weighted by molar-refractivity contribution is 7.07. The molecule has 4 heteroatoms. The Labute approximate surface area is 116 Å². The number of hydrogen-bond donors (Lipinski definition) is 1. The van der Waals surface area contributed by atoms with Gasteiger partial charge in [-0.1, -0.05) is 13.0 Å². The second-order valence-electron chi connectivity index (χ2n) is 4.47. The minimum atomic E-state index is -0.474. The first-order valence-electron chi connectivity index (χ1n) is 6.40. The summed E-state index contributed by atoms with van der Waals surface area (Å²) in [4.78, 5) is 0. The Hall–Kier alpha value is -1.26. The van der Waals surface area contributed by atoms with Crippen LogP contribution < -0.4 is 5.32 Å². The molecule has 0 bridgehead atoms. The van der Waals surface area contributed by atoms with Crippen molar-refractivity contribution in [3.05, 3.63) is 57.8 Å². The molecule has 1 N–H and O–H groups in total. The van der Waals surface area contributed by atoms with Gasteiger partial charge in [0.15, 0.2) is 0 Å². The summed E-state index contributed by atoms with van der Waals surface area (Å²) >= 11 is 1.59. The molecule has 0 aliphatic heterocycles. The first-order valence-corrected chi connectivity index (χ1v) is 7.35. The van der Waals surface area contributed by atoms with Crippen LogP contribution in [0.15, 0.2) is 35.0 Å². The fourth-order valence-corrected chi connectivity index (χ4v) is 2.75. The molecule has 2 rings (SSSR count). The van der Waals surface area contributed by atoms with E-state index in [-0.39, 0.29) is 11.6 Å². The molecule has 0 saturated heterocycles. The van der Waals surface area contributed by atoms with Gasteiger partial charge in [-0.3, -0.25) is 0 Å². The average Bonchev–Trinajstić information content (AvgIpc) is 2.91. The molecule has 0 fully saturated rings. The van der Waals surface area contributed by atoms with Crippen LogP contribution in [-0.4, -0.2) is 6.54 Å². The Morgan fingerprint density at radius 1 is 1.21 bits per heavy atom. The van der Waals surface area contributed by atoms with Gasteiger partial charge in [0.1, 0.15) is 11.6 Å². The van der Waals surface area contributed by atoms with Crippen LogP contribution in [-0.2, 0) is 6.42 Å². The predicted octanol–water partition coefficient (Wildman–Crippen LogP) is 4.31. The van der Waals surface area contributed by atoms with E-state index in [0.717, 1.165) is 18.5 Å². The van der Waals surface area contributed by atoms with Gasteiger partial charge in [-0.2, -0.15) is 11.3 Å². The van der Waals surface area contributed by atoms with Crippen molar-refractivity contribution < 1.29 is 8.78 Å². The third-order valence-corrected chi connectivity index (χ3v) is 3.76. The SMILES string of the molecule is CCCNC(Cc1c(F)cccc1F)c1ccsc1. The number of thiophene rings is 1. The van der Waals surface area contributed by atoms with Gasteiger partial charge in [-0.15, -0.1) is 0 Å². The van der Waals surface area contributed by atoms with Gasteiger partial charge >= 0.3 is 0 Å². The molecule has 1 nitrogen and oxygen atoms in total. The highest BCUT2D eigenvalue weighted by Gasteiger charge is 2.17. The van der Waals surface area contributed by atoms with Crippen LogP contribution >= 0.6 is 11.3 Å². The molecule has 1 unspecified atom stereocenters. The predicted molar refractivity (Wildman–Crippen MR) is 75.4 cm³/mol. The van der Waals surface area contributed by atoms with Crippen molar-refractivity contribution in [2.24, 2.45) is 0 Å². The van der Waals surface area contributed by atoms with Crippen molar-refractivity contribution in [3.63, 3.8) is 0 Å². The zero-order chi connectivity index (χ0) is 13.7. The summed E-state index contributed by atoms with van der Waals surface area (Å²) in [7, 11) is 0.